The minimum absolute atomic E-state index is 0.213. The van der Waals surface area contributed by atoms with Gasteiger partial charge in [-0.05, 0) is 6.92 Å². The van der Waals surface area contributed by atoms with E-state index in [9.17, 15) is 4.79 Å². The van der Waals surface area contributed by atoms with Crippen LogP contribution in [-0.2, 0) is 9.53 Å². The van der Waals surface area contributed by atoms with Crippen molar-refractivity contribution in [2.24, 2.45) is 5.92 Å². The average Bonchev–Trinajstić information content (AvgIpc) is 2.75. The molecule has 1 aliphatic rings. The molecule has 0 aromatic carbocycles. The number of aliphatic carboxylic acids is 1. The number of carboxylic acids is 1. The number of rotatable bonds is 3. The summed E-state index contributed by atoms with van der Waals surface area (Å²) in [6, 6.07) is -0.213. The molecule has 1 aromatic rings. The summed E-state index contributed by atoms with van der Waals surface area (Å²) in [7, 11) is 0. The molecule has 2 atom stereocenters. The number of anilines is 1. The van der Waals surface area contributed by atoms with Gasteiger partial charge in [0.25, 0.3) is 0 Å². The van der Waals surface area contributed by atoms with Crippen LogP contribution in [0.2, 0.25) is 0 Å². The Morgan fingerprint density at radius 1 is 1.60 bits per heavy atom. The van der Waals surface area contributed by atoms with Crippen LogP contribution in [0.4, 0.5) is 5.13 Å². The Morgan fingerprint density at radius 2 is 2.40 bits per heavy atom. The van der Waals surface area contributed by atoms with E-state index in [2.05, 4.69) is 15.5 Å². The van der Waals surface area contributed by atoms with Gasteiger partial charge in [-0.2, -0.15) is 0 Å². The third kappa shape index (κ3) is 2.24. The lowest BCUT2D eigenvalue weighted by Crippen LogP contribution is -2.33. The van der Waals surface area contributed by atoms with Gasteiger partial charge in [0.05, 0.1) is 19.3 Å². The number of aryl methyl sites for hydroxylation is 1. The third-order valence-electron chi connectivity index (χ3n) is 2.23. The fourth-order valence-corrected chi connectivity index (χ4v) is 2.11. The van der Waals surface area contributed by atoms with Crippen molar-refractivity contribution in [3.63, 3.8) is 0 Å². The molecule has 2 rings (SSSR count). The molecule has 1 aliphatic heterocycles. The number of carbonyl (C=O) groups is 1. The normalized spacial score (nSPS) is 25.4. The minimum atomic E-state index is -0.841. The van der Waals surface area contributed by atoms with E-state index in [0.29, 0.717) is 11.7 Å². The topological polar surface area (TPSA) is 84.3 Å². The lowest BCUT2D eigenvalue weighted by Gasteiger charge is -2.13. The maximum absolute atomic E-state index is 10.9. The van der Waals surface area contributed by atoms with Gasteiger partial charge in [-0.3, -0.25) is 4.79 Å². The van der Waals surface area contributed by atoms with Crippen molar-refractivity contribution >= 4 is 22.4 Å². The molecule has 0 spiro atoms. The summed E-state index contributed by atoms with van der Waals surface area (Å²) in [4.78, 5) is 10.9. The van der Waals surface area contributed by atoms with Crippen molar-refractivity contribution in [3.8, 4) is 0 Å². The Bertz CT molecular complexity index is 368. The monoisotopic (exact) mass is 229 g/mol. The van der Waals surface area contributed by atoms with Gasteiger partial charge in [0.1, 0.15) is 10.9 Å². The Hall–Kier alpha value is -1.21. The van der Waals surface area contributed by atoms with Crippen LogP contribution in [0.25, 0.3) is 0 Å². The molecule has 0 bridgehead atoms. The van der Waals surface area contributed by atoms with Crippen LogP contribution in [-0.4, -0.2) is 40.5 Å². The van der Waals surface area contributed by atoms with Crippen LogP contribution in [0.5, 0.6) is 0 Å². The molecular weight excluding hydrogens is 218 g/mol. The number of carboxylic acid groups (broad SMARTS) is 1. The van der Waals surface area contributed by atoms with E-state index in [1.165, 1.54) is 11.3 Å². The summed E-state index contributed by atoms with van der Waals surface area (Å²) in [5, 5.41) is 21.2. The van der Waals surface area contributed by atoms with Gasteiger partial charge in [-0.1, -0.05) is 11.3 Å². The van der Waals surface area contributed by atoms with Crippen LogP contribution in [0, 0.1) is 12.8 Å². The predicted octanol–water partition coefficient (Wildman–Crippen LogP) is 0.358. The van der Waals surface area contributed by atoms with Gasteiger partial charge in [-0.25, -0.2) is 0 Å². The highest BCUT2D eigenvalue weighted by Crippen LogP contribution is 2.21. The van der Waals surface area contributed by atoms with E-state index in [4.69, 9.17) is 9.84 Å². The Balaban J connectivity index is 2.02. The third-order valence-corrected chi connectivity index (χ3v) is 3.00. The molecule has 1 fully saturated rings. The maximum atomic E-state index is 10.9. The minimum Gasteiger partial charge on any atom is -0.481 e. The fraction of sp³-hybridized carbons (Fsp3) is 0.625. The van der Waals surface area contributed by atoms with Gasteiger partial charge < -0.3 is 15.2 Å². The molecule has 0 radical (unpaired) electrons. The molecule has 82 valence electrons. The van der Waals surface area contributed by atoms with Crippen molar-refractivity contribution in [1.29, 1.82) is 0 Å². The van der Waals surface area contributed by atoms with E-state index in [0.717, 1.165) is 5.01 Å². The molecule has 0 amide bonds. The zero-order chi connectivity index (χ0) is 10.8. The summed E-state index contributed by atoms with van der Waals surface area (Å²) in [5.74, 6) is -1.35. The number of ether oxygens (including phenoxy) is 1. The molecule has 1 aromatic heterocycles. The second kappa shape index (κ2) is 4.11. The molecule has 15 heavy (non-hydrogen) atoms. The SMILES string of the molecule is Cc1nnc(NC2COCC2C(=O)O)s1. The van der Waals surface area contributed by atoms with Crippen molar-refractivity contribution < 1.29 is 14.6 Å². The number of nitrogens with zero attached hydrogens (tertiary/aromatic N) is 2. The van der Waals surface area contributed by atoms with Crippen LogP contribution in [0.3, 0.4) is 0 Å². The van der Waals surface area contributed by atoms with Gasteiger partial charge in [0.15, 0.2) is 0 Å². The van der Waals surface area contributed by atoms with Crippen molar-refractivity contribution in [2.45, 2.75) is 13.0 Å². The average molecular weight is 229 g/mol. The summed E-state index contributed by atoms with van der Waals surface area (Å²) >= 11 is 1.41. The smallest absolute Gasteiger partial charge is 0.311 e. The van der Waals surface area contributed by atoms with Gasteiger partial charge >= 0.3 is 5.97 Å². The molecule has 0 aliphatic carbocycles. The Morgan fingerprint density at radius 3 is 3.00 bits per heavy atom. The molecule has 2 unspecified atom stereocenters. The highest BCUT2D eigenvalue weighted by molar-refractivity contribution is 7.15. The van der Waals surface area contributed by atoms with Crippen LogP contribution < -0.4 is 5.32 Å². The van der Waals surface area contributed by atoms with E-state index in [-0.39, 0.29) is 12.6 Å². The Kier molecular flexibility index (Phi) is 2.83. The molecule has 2 N–H and O–H groups in total. The van der Waals surface area contributed by atoms with Gasteiger partial charge in [0.2, 0.25) is 5.13 Å². The summed E-state index contributed by atoms with van der Waals surface area (Å²) < 4.78 is 5.12. The standard InChI is InChI=1S/C8H11N3O3S/c1-4-10-11-8(15-4)9-6-3-14-2-5(6)7(12)13/h5-6H,2-3H2,1H3,(H,9,11)(H,12,13). The Labute approximate surface area is 90.3 Å². The first kappa shape index (κ1) is 10.3. The molecule has 1 saturated heterocycles. The van der Waals surface area contributed by atoms with Crippen LogP contribution in [0.1, 0.15) is 5.01 Å². The number of aromatic nitrogens is 2. The molecule has 2 heterocycles. The van der Waals surface area contributed by atoms with Gasteiger partial charge in [0, 0.05) is 0 Å². The quantitative estimate of drug-likeness (QED) is 0.778. The highest BCUT2D eigenvalue weighted by atomic mass is 32.1. The molecule has 0 saturated carbocycles. The number of nitrogens with one attached hydrogen (secondary N) is 1. The zero-order valence-electron chi connectivity index (χ0n) is 8.14. The molecular formula is C8H11N3O3S. The fourth-order valence-electron chi connectivity index (χ4n) is 1.45. The second-order valence-corrected chi connectivity index (χ2v) is 4.54. The van der Waals surface area contributed by atoms with E-state index >= 15 is 0 Å². The lowest BCUT2D eigenvalue weighted by molar-refractivity contribution is -0.141. The van der Waals surface area contributed by atoms with Crippen LogP contribution in [0.15, 0.2) is 0 Å². The first-order valence-electron chi connectivity index (χ1n) is 4.54. The zero-order valence-corrected chi connectivity index (χ0v) is 8.95. The maximum Gasteiger partial charge on any atom is 0.311 e. The van der Waals surface area contributed by atoms with Crippen molar-refractivity contribution in [1.82, 2.24) is 10.2 Å². The summed E-state index contributed by atoms with van der Waals surface area (Å²) in [6.45, 7) is 2.50. The molecule has 7 heteroatoms. The second-order valence-electron chi connectivity index (χ2n) is 3.36. The van der Waals surface area contributed by atoms with Crippen molar-refractivity contribution in [3.05, 3.63) is 5.01 Å². The van der Waals surface area contributed by atoms with Crippen LogP contribution >= 0.6 is 11.3 Å². The first-order valence-corrected chi connectivity index (χ1v) is 5.35. The summed E-state index contributed by atoms with van der Waals surface area (Å²) in [5.41, 5.74) is 0. The number of hydrogen-bond donors (Lipinski definition) is 2. The van der Waals surface area contributed by atoms with E-state index in [1.807, 2.05) is 6.92 Å². The van der Waals surface area contributed by atoms with E-state index in [1.54, 1.807) is 0 Å². The highest BCUT2D eigenvalue weighted by Gasteiger charge is 2.34. The van der Waals surface area contributed by atoms with Crippen molar-refractivity contribution in [2.75, 3.05) is 18.5 Å². The van der Waals surface area contributed by atoms with E-state index < -0.39 is 11.9 Å². The molecule has 6 nitrogen and oxygen atoms in total. The lowest BCUT2D eigenvalue weighted by atomic mass is 10.1. The summed E-state index contributed by atoms with van der Waals surface area (Å²) in [6.07, 6.45) is 0. The first-order chi connectivity index (χ1) is 7.16. The number of hydrogen-bond acceptors (Lipinski definition) is 6. The van der Waals surface area contributed by atoms with Gasteiger partial charge in [-0.15, -0.1) is 10.2 Å². The predicted molar refractivity (Wildman–Crippen MR) is 54.0 cm³/mol. The largest absolute Gasteiger partial charge is 0.481 e.